The van der Waals surface area contributed by atoms with Gasteiger partial charge in [0, 0.05) is 69.3 Å². The van der Waals surface area contributed by atoms with Crippen LogP contribution in [0.1, 0.15) is 46.4 Å². The van der Waals surface area contributed by atoms with Gasteiger partial charge in [-0.1, -0.05) is 135 Å². The van der Waals surface area contributed by atoms with Crippen LogP contribution < -0.4 is 4.74 Å². The third-order valence-corrected chi connectivity index (χ3v) is 11.2. The maximum absolute atomic E-state index is 7.33. The molecule has 0 aliphatic carbocycles. The summed E-state index contributed by atoms with van der Waals surface area (Å²) >= 11 is 0. The fourth-order valence-corrected chi connectivity index (χ4v) is 8.03. The molecule has 284 valence electrons. The summed E-state index contributed by atoms with van der Waals surface area (Å²) in [5, 5.41) is 14.9. The first kappa shape index (κ1) is 40.2. The second-order valence-corrected chi connectivity index (χ2v) is 14.4. The summed E-state index contributed by atoms with van der Waals surface area (Å²) < 4.78 is 11.1. The number of hydrogen-bond donors (Lipinski definition) is 0. The Hall–Kier alpha value is -6.45. The molecule has 10 heteroatoms. The van der Waals surface area contributed by atoms with Gasteiger partial charge in [-0.05, 0) is 40.1 Å². The van der Waals surface area contributed by atoms with Crippen molar-refractivity contribution in [2.75, 3.05) is 7.05 Å². The van der Waals surface area contributed by atoms with Crippen molar-refractivity contribution in [1.82, 2.24) is 18.9 Å². The third-order valence-electron chi connectivity index (χ3n) is 11.2. The van der Waals surface area contributed by atoms with Gasteiger partial charge in [-0.2, -0.15) is 6.07 Å². The zero-order valence-electron chi connectivity index (χ0n) is 31.4. The van der Waals surface area contributed by atoms with E-state index in [0.29, 0.717) is 11.5 Å². The van der Waals surface area contributed by atoms with Gasteiger partial charge in [0.05, 0.1) is 11.3 Å². The molecule has 5 aromatic carbocycles. The second kappa shape index (κ2) is 15.6. The van der Waals surface area contributed by atoms with Crippen molar-refractivity contribution in [2.24, 2.45) is 5.11 Å². The van der Waals surface area contributed by atoms with E-state index in [-0.39, 0.29) is 39.3 Å². The molecule has 0 atom stereocenters. The molecule has 1 aliphatic heterocycles. The number of imidazole rings is 1. The first-order valence-corrected chi connectivity index (χ1v) is 17.9. The third kappa shape index (κ3) is 6.19. The van der Waals surface area contributed by atoms with Crippen LogP contribution in [0.4, 0.5) is 0 Å². The Labute approximate surface area is 346 Å². The molecule has 9 aromatic rings. The number of nitriles is 1. The van der Waals surface area contributed by atoms with Gasteiger partial charge in [0.25, 0.3) is 0 Å². The van der Waals surface area contributed by atoms with Crippen molar-refractivity contribution in [3.8, 4) is 35.1 Å². The molecule has 0 unspecified atom stereocenters. The van der Waals surface area contributed by atoms with Crippen molar-refractivity contribution in [2.45, 2.75) is 46.0 Å². The van der Waals surface area contributed by atoms with Gasteiger partial charge in [-0.3, -0.25) is 4.98 Å². The van der Waals surface area contributed by atoms with Crippen LogP contribution in [0.5, 0.6) is 11.5 Å². The normalized spacial score (nSPS) is 13.1. The smallest absolute Gasteiger partial charge is 0.503 e. The van der Waals surface area contributed by atoms with Gasteiger partial charge < -0.3 is 13.7 Å². The number of rotatable bonds is 4. The van der Waals surface area contributed by atoms with E-state index in [1.54, 1.807) is 0 Å². The quantitative estimate of drug-likeness (QED) is 0.0574. The summed E-state index contributed by atoms with van der Waals surface area (Å²) in [5.74, 6) is 2.06. The fourth-order valence-electron chi connectivity index (χ4n) is 8.03. The predicted octanol–water partition coefficient (Wildman–Crippen LogP) is 12.5. The number of benzene rings is 5. The molecular formula is C47H40N8OPt. The van der Waals surface area contributed by atoms with Gasteiger partial charge in [-0.15, -0.1) is 29.7 Å². The topological polar surface area (TPSA) is 117 Å². The molecule has 1 aliphatic rings. The van der Waals surface area contributed by atoms with E-state index in [1.165, 1.54) is 29.2 Å². The molecule has 0 saturated carbocycles. The largest absolute Gasteiger partial charge is 2.00 e. The maximum atomic E-state index is 7.33. The molecule has 0 radical (unpaired) electrons. The summed E-state index contributed by atoms with van der Waals surface area (Å²) in [7, 11) is 1.39. The predicted molar refractivity (Wildman–Crippen MR) is 226 cm³/mol. The molecule has 0 saturated heterocycles. The van der Waals surface area contributed by atoms with Crippen LogP contribution in [0.25, 0.3) is 76.6 Å². The average Bonchev–Trinajstić information content (AvgIpc) is 3.79. The Kier molecular flexibility index (Phi) is 11.0. The maximum Gasteiger partial charge on any atom is 2.00 e. The van der Waals surface area contributed by atoms with Crippen LogP contribution in [0, 0.1) is 24.0 Å². The van der Waals surface area contributed by atoms with Crippen LogP contribution in [0.2, 0.25) is 0 Å². The number of fused-ring (bicyclic) bond motifs is 6. The van der Waals surface area contributed by atoms with E-state index in [0.717, 1.165) is 55.3 Å². The minimum atomic E-state index is -0.211. The van der Waals surface area contributed by atoms with Crippen LogP contribution in [-0.2, 0) is 31.9 Å². The summed E-state index contributed by atoms with van der Waals surface area (Å²) in [4.78, 5) is 12.5. The number of nitrogens with zero attached hydrogens (tertiary/aromatic N) is 8. The number of hydrogen-bond acceptors (Lipinski definition) is 5. The number of ether oxygens (including phenoxy) is 1. The van der Waals surface area contributed by atoms with Gasteiger partial charge in [-0.25, -0.2) is 10.2 Å². The van der Waals surface area contributed by atoms with E-state index in [4.69, 9.17) is 20.5 Å². The van der Waals surface area contributed by atoms with Crippen LogP contribution >= 0.6 is 0 Å². The summed E-state index contributed by atoms with van der Waals surface area (Å²) in [6.07, 6.45) is 1.82. The standard InChI is InChI=1S/C44H32N4O.CH3N3.CHN.CH4.Pt/c1-43(2)35-17-12-16-33-30-22-20-28(25-34(30)42-46-39(27-13-6-5-7-14-27)41(44(43,3)4)48(42)40(33)35)49-29-21-23-32-31-15-8-9-18-36(31)47(37(32)26-29)38-19-10-11-24-45-38;1-3-4-2;1-2;;/h5-24H,1-4H3;1H3;1H;1H4;/q-2;;;;+2. The van der Waals surface area contributed by atoms with Gasteiger partial charge >= 0.3 is 21.1 Å². The number of azide groups is 1. The first-order valence-electron chi connectivity index (χ1n) is 17.9. The van der Waals surface area contributed by atoms with Crippen molar-refractivity contribution >= 4 is 49.1 Å². The Morgan fingerprint density at radius 1 is 0.754 bits per heavy atom. The minimum absolute atomic E-state index is 0. The molecule has 0 fully saturated rings. The van der Waals surface area contributed by atoms with Crippen LogP contribution in [-0.4, -0.2) is 26.0 Å². The molecule has 5 heterocycles. The molecule has 0 spiro atoms. The van der Waals surface area contributed by atoms with E-state index in [9.17, 15) is 0 Å². The Morgan fingerprint density at radius 2 is 1.40 bits per heavy atom. The molecule has 0 N–H and O–H groups in total. The molecule has 4 aromatic heterocycles. The zero-order chi connectivity index (χ0) is 38.5. The van der Waals surface area contributed by atoms with E-state index < -0.39 is 0 Å². The number of para-hydroxylation sites is 2. The van der Waals surface area contributed by atoms with Crippen LogP contribution in [0.3, 0.4) is 0 Å². The second-order valence-electron chi connectivity index (χ2n) is 14.4. The van der Waals surface area contributed by atoms with Crippen molar-refractivity contribution in [3.05, 3.63) is 155 Å². The van der Waals surface area contributed by atoms with Crippen molar-refractivity contribution < 1.29 is 25.8 Å². The Morgan fingerprint density at radius 3 is 2.11 bits per heavy atom. The fraction of sp³-hybridized carbons (Fsp3) is 0.170. The first-order chi connectivity index (χ1) is 26.7. The minimum Gasteiger partial charge on any atom is -0.503 e. The van der Waals surface area contributed by atoms with E-state index in [2.05, 4.69) is 155 Å². The summed E-state index contributed by atoms with van der Waals surface area (Å²) in [6.45, 7) is 12.9. The zero-order valence-corrected chi connectivity index (χ0v) is 33.7. The van der Waals surface area contributed by atoms with Gasteiger partial charge in [0.15, 0.2) is 0 Å². The van der Waals surface area contributed by atoms with E-state index in [1.807, 2.05) is 36.5 Å². The Bertz CT molecular complexity index is 2990. The number of aromatic nitrogens is 4. The summed E-state index contributed by atoms with van der Waals surface area (Å²) in [6, 6.07) is 47.1. The van der Waals surface area contributed by atoms with Gasteiger partial charge in [0.2, 0.25) is 0 Å². The molecule has 57 heavy (non-hydrogen) atoms. The van der Waals surface area contributed by atoms with Crippen molar-refractivity contribution in [3.63, 3.8) is 0 Å². The summed E-state index contributed by atoms with van der Waals surface area (Å²) in [5.41, 5.74) is 15.8. The number of pyridine rings is 2. The average molecular weight is 928 g/mol. The van der Waals surface area contributed by atoms with E-state index >= 15 is 0 Å². The monoisotopic (exact) mass is 927 g/mol. The Balaban J connectivity index is 0.000000649. The molecule has 10 rings (SSSR count). The SMILES string of the molecule is C.C#N.CC1(C)c2cccc3c4ccc(Oc5[c-]c6c(cc5)c5ccccc5n6-c5ccccn5)[c-]c4c4nc(-c5ccccc5)c(n4c23)C1(C)C.CN=[N+]=[N-].[Pt+2]. The molecule has 0 amide bonds. The van der Waals surface area contributed by atoms with Crippen molar-refractivity contribution in [1.29, 1.82) is 5.26 Å². The molecular weight excluding hydrogens is 888 g/mol. The van der Waals surface area contributed by atoms with Crippen LogP contribution in [0.15, 0.2) is 127 Å². The molecule has 0 bridgehead atoms. The molecule has 9 nitrogen and oxygen atoms in total. The van der Waals surface area contributed by atoms with Gasteiger partial charge in [0.1, 0.15) is 5.82 Å².